The molecule has 29 heavy (non-hydrogen) atoms. The molecule has 0 unspecified atom stereocenters. The van der Waals surface area contributed by atoms with Crippen LogP contribution >= 0.6 is 0 Å². The highest BCUT2D eigenvalue weighted by Gasteiger charge is 2.24. The highest BCUT2D eigenvalue weighted by molar-refractivity contribution is 6.12. The number of unbranched alkanes of at least 4 members (excludes halogenated alkanes) is 2. The number of rotatable bonds is 7. The number of carbonyl (C=O) groups is 1. The van der Waals surface area contributed by atoms with Crippen LogP contribution in [-0.2, 0) is 14.9 Å². The Morgan fingerprint density at radius 2 is 1.69 bits per heavy atom. The zero-order chi connectivity index (χ0) is 20.9. The summed E-state index contributed by atoms with van der Waals surface area (Å²) in [6, 6.07) is 15.6. The molecule has 4 heteroatoms. The normalized spacial score (nSPS) is 15.4. The van der Waals surface area contributed by atoms with Crippen LogP contribution in [0.15, 0.2) is 59.2 Å². The molecular formula is C25H29NO3. The van der Waals surface area contributed by atoms with Crippen molar-refractivity contribution in [1.82, 2.24) is 0 Å². The van der Waals surface area contributed by atoms with Gasteiger partial charge in [-0.05, 0) is 53.3 Å². The van der Waals surface area contributed by atoms with Crippen molar-refractivity contribution in [2.24, 2.45) is 4.99 Å². The summed E-state index contributed by atoms with van der Waals surface area (Å²) in [6.07, 6.45) is 5.14. The maximum atomic E-state index is 12.2. The summed E-state index contributed by atoms with van der Waals surface area (Å²) in [5, 5.41) is 0. The van der Waals surface area contributed by atoms with Gasteiger partial charge in [0, 0.05) is 5.56 Å². The molecule has 0 aliphatic carbocycles. The maximum Gasteiger partial charge on any atom is 0.363 e. The van der Waals surface area contributed by atoms with Gasteiger partial charge in [0.15, 0.2) is 5.70 Å². The molecule has 0 aromatic heterocycles. The molecule has 0 saturated carbocycles. The minimum absolute atomic E-state index is 0.0730. The number of ether oxygens (including phenoxy) is 2. The Kier molecular flexibility index (Phi) is 6.53. The molecule has 0 N–H and O–H groups in total. The Labute approximate surface area is 173 Å². The minimum Gasteiger partial charge on any atom is -0.494 e. The summed E-state index contributed by atoms with van der Waals surface area (Å²) in [4.78, 5) is 16.6. The van der Waals surface area contributed by atoms with Gasteiger partial charge in [0.05, 0.1) is 6.61 Å². The molecule has 1 heterocycles. The Morgan fingerprint density at radius 3 is 2.31 bits per heavy atom. The predicted octanol–water partition coefficient (Wildman–Crippen LogP) is 5.90. The van der Waals surface area contributed by atoms with Crippen molar-refractivity contribution in [2.45, 2.75) is 52.4 Å². The van der Waals surface area contributed by atoms with Crippen molar-refractivity contribution in [2.75, 3.05) is 6.61 Å². The van der Waals surface area contributed by atoms with E-state index in [4.69, 9.17) is 9.47 Å². The number of benzene rings is 2. The number of hydrogen-bond donors (Lipinski definition) is 0. The van der Waals surface area contributed by atoms with Crippen molar-refractivity contribution in [3.63, 3.8) is 0 Å². The van der Waals surface area contributed by atoms with Gasteiger partial charge in [-0.25, -0.2) is 9.79 Å². The molecule has 152 valence electrons. The lowest BCUT2D eigenvalue weighted by molar-refractivity contribution is -0.129. The van der Waals surface area contributed by atoms with Crippen molar-refractivity contribution < 1.29 is 14.3 Å². The Morgan fingerprint density at radius 1 is 1.00 bits per heavy atom. The molecule has 2 aromatic carbocycles. The standard InChI is InChI=1S/C25H29NO3/c1-5-6-7-16-28-21-14-8-18(9-15-21)17-22-24(27)29-23(26-22)19-10-12-20(13-11-19)25(2,3)4/h8-15,17H,5-7,16H2,1-4H3/b22-17-. The first-order valence-corrected chi connectivity index (χ1v) is 10.2. The molecule has 0 bridgehead atoms. The number of carbonyl (C=O) groups excluding carboxylic acids is 1. The molecule has 4 nitrogen and oxygen atoms in total. The summed E-state index contributed by atoms with van der Waals surface area (Å²) < 4.78 is 11.1. The lowest BCUT2D eigenvalue weighted by Gasteiger charge is -2.18. The van der Waals surface area contributed by atoms with Gasteiger partial charge in [-0.3, -0.25) is 0 Å². The summed E-state index contributed by atoms with van der Waals surface area (Å²) in [5.41, 5.74) is 3.27. The van der Waals surface area contributed by atoms with E-state index in [1.54, 1.807) is 6.08 Å². The van der Waals surface area contributed by atoms with E-state index in [0.29, 0.717) is 11.6 Å². The molecule has 3 rings (SSSR count). The average molecular weight is 392 g/mol. The van der Waals surface area contributed by atoms with Gasteiger partial charge >= 0.3 is 5.97 Å². The first-order valence-electron chi connectivity index (χ1n) is 10.2. The first-order chi connectivity index (χ1) is 13.9. The molecule has 0 spiro atoms. The van der Waals surface area contributed by atoms with E-state index in [1.807, 2.05) is 48.5 Å². The molecular weight excluding hydrogens is 362 g/mol. The zero-order valence-electron chi connectivity index (χ0n) is 17.7. The third kappa shape index (κ3) is 5.57. The van der Waals surface area contributed by atoms with Gasteiger partial charge in [0.25, 0.3) is 0 Å². The molecule has 0 saturated heterocycles. The van der Waals surface area contributed by atoms with Crippen LogP contribution in [0.4, 0.5) is 0 Å². The second-order valence-electron chi connectivity index (χ2n) is 8.29. The topological polar surface area (TPSA) is 47.9 Å². The maximum absolute atomic E-state index is 12.2. The van der Waals surface area contributed by atoms with Crippen molar-refractivity contribution in [3.8, 4) is 5.75 Å². The van der Waals surface area contributed by atoms with Crippen molar-refractivity contribution in [3.05, 3.63) is 70.9 Å². The van der Waals surface area contributed by atoms with Crippen molar-refractivity contribution >= 4 is 17.9 Å². The summed E-state index contributed by atoms with van der Waals surface area (Å²) in [6.45, 7) is 9.39. The van der Waals surface area contributed by atoms with Crippen LogP contribution in [0.25, 0.3) is 6.08 Å². The zero-order valence-corrected chi connectivity index (χ0v) is 17.7. The fourth-order valence-electron chi connectivity index (χ4n) is 3.01. The van der Waals surface area contributed by atoms with Gasteiger partial charge in [-0.2, -0.15) is 0 Å². The molecule has 0 amide bonds. The van der Waals surface area contributed by atoms with Crippen molar-refractivity contribution in [1.29, 1.82) is 0 Å². The largest absolute Gasteiger partial charge is 0.494 e. The average Bonchev–Trinajstić information content (AvgIpc) is 3.06. The molecule has 2 aromatic rings. The quantitative estimate of drug-likeness (QED) is 0.335. The molecule has 0 fully saturated rings. The fraction of sp³-hybridized carbons (Fsp3) is 0.360. The molecule has 1 aliphatic rings. The summed E-state index contributed by atoms with van der Waals surface area (Å²) in [7, 11) is 0. The van der Waals surface area contributed by atoms with Crippen LogP contribution in [-0.4, -0.2) is 18.5 Å². The van der Waals surface area contributed by atoms with E-state index in [0.717, 1.165) is 29.9 Å². The van der Waals surface area contributed by atoms with Gasteiger partial charge < -0.3 is 9.47 Å². The van der Waals surface area contributed by atoms with Gasteiger partial charge in [0.1, 0.15) is 5.75 Å². The smallest absolute Gasteiger partial charge is 0.363 e. The number of cyclic esters (lactones) is 1. The SMILES string of the molecule is CCCCCOc1ccc(/C=C2\N=C(c3ccc(C(C)(C)C)cc3)OC2=O)cc1. The molecule has 0 atom stereocenters. The molecule has 0 radical (unpaired) electrons. The molecule has 1 aliphatic heterocycles. The Hall–Kier alpha value is -2.88. The van der Waals surface area contributed by atoms with Crippen LogP contribution in [0.3, 0.4) is 0 Å². The number of aliphatic imine (C=N–C) groups is 1. The van der Waals surface area contributed by atoms with Gasteiger partial charge in [-0.15, -0.1) is 0 Å². The number of nitrogens with zero attached hydrogens (tertiary/aromatic N) is 1. The van der Waals surface area contributed by atoms with E-state index in [1.165, 1.54) is 18.4 Å². The van der Waals surface area contributed by atoms with E-state index < -0.39 is 5.97 Å². The van der Waals surface area contributed by atoms with E-state index in [-0.39, 0.29) is 5.41 Å². The summed E-state index contributed by atoms with van der Waals surface area (Å²) >= 11 is 0. The van der Waals surface area contributed by atoms with Crippen LogP contribution in [0, 0.1) is 0 Å². The lowest BCUT2D eigenvalue weighted by Crippen LogP contribution is -2.11. The number of esters is 1. The van der Waals surface area contributed by atoms with E-state index in [9.17, 15) is 4.79 Å². The highest BCUT2D eigenvalue weighted by atomic mass is 16.6. The number of hydrogen-bond acceptors (Lipinski definition) is 4. The Balaban J connectivity index is 1.70. The first kappa shape index (κ1) is 20.8. The Bertz CT molecular complexity index is 901. The van der Waals surface area contributed by atoms with E-state index >= 15 is 0 Å². The van der Waals surface area contributed by atoms with Crippen LogP contribution < -0.4 is 4.74 Å². The second-order valence-corrected chi connectivity index (χ2v) is 8.29. The van der Waals surface area contributed by atoms with Crippen LogP contribution in [0.1, 0.15) is 63.6 Å². The highest BCUT2D eigenvalue weighted by Crippen LogP contribution is 2.25. The third-order valence-electron chi connectivity index (χ3n) is 4.82. The van der Waals surface area contributed by atoms with Gasteiger partial charge in [0.2, 0.25) is 5.90 Å². The van der Waals surface area contributed by atoms with E-state index in [2.05, 4.69) is 32.7 Å². The monoisotopic (exact) mass is 391 g/mol. The summed E-state index contributed by atoms with van der Waals surface area (Å²) in [5.74, 6) is 0.748. The van der Waals surface area contributed by atoms with Crippen LogP contribution in [0.5, 0.6) is 5.75 Å². The third-order valence-corrected chi connectivity index (χ3v) is 4.82. The predicted molar refractivity (Wildman–Crippen MR) is 117 cm³/mol. The lowest BCUT2D eigenvalue weighted by atomic mass is 9.87. The minimum atomic E-state index is -0.431. The fourth-order valence-corrected chi connectivity index (χ4v) is 3.01. The van der Waals surface area contributed by atoms with Crippen LogP contribution in [0.2, 0.25) is 0 Å². The second kappa shape index (κ2) is 9.08. The van der Waals surface area contributed by atoms with Gasteiger partial charge in [-0.1, -0.05) is 64.8 Å².